The molecule has 0 aliphatic carbocycles. The molecule has 1 heterocycles. The Balaban J connectivity index is 2.28. The zero-order valence-electron chi connectivity index (χ0n) is 11.6. The van der Waals surface area contributed by atoms with Gasteiger partial charge in [-0.2, -0.15) is 5.10 Å². The van der Waals surface area contributed by atoms with Gasteiger partial charge < -0.3 is 5.32 Å². The average Bonchev–Trinajstić information content (AvgIpc) is 2.76. The second-order valence-electron chi connectivity index (χ2n) is 4.50. The highest BCUT2D eigenvalue weighted by molar-refractivity contribution is 5.10. The molecule has 1 aromatic rings. The van der Waals surface area contributed by atoms with Crippen molar-refractivity contribution >= 4 is 0 Å². The number of unbranched alkanes of at least 4 members (excludes halogenated alkanes) is 1. The van der Waals surface area contributed by atoms with E-state index in [-0.39, 0.29) is 0 Å². The first kappa shape index (κ1) is 14.2. The summed E-state index contributed by atoms with van der Waals surface area (Å²) in [6.07, 6.45) is 5.94. The topological polar surface area (TPSA) is 29.9 Å². The molecule has 98 valence electrons. The number of hydrogen-bond donors (Lipinski definition) is 1. The third-order valence-electron chi connectivity index (χ3n) is 3.04. The average molecular weight is 237 g/mol. The first-order valence-corrected chi connectivity index (χ1v) is 7.08. The maximum Gasteiger partial charge on any atom is 0.0624 e. The Morgan fingerprint density at radius 2 is 2.00 bits per heavy atom. The quantitative estimate of drug-likeness (QED) is 0.669. The first-order valence-electron chi connectivity index (χ1n) is 7.08. The Labute approximate surface area is 106 Å². The molecular weight excluding hydrogens is 210 g/mol. The van der Waals surface area contributed by atoms with Crippen LogP contribution in [0.3, 0.4) is 0 Å². The molecule has 17 heavy (non-hydrogen) atoms. The van der Waals surface area contributed by atoms with Crippen molar-refractivity contribution in [2.75, 3.05) is 13.1 Å². The molecule has 0 aliphatic heterocycles. The van der Waals surface area contributed by atoms with E-state index in [9.17, 15) is 0 Å². The van der Waals surface area contributed by atoms with Crippen molar-refractivity contribution < 1.29 is 0 Å². The van der Waals surface area contributed by atoms with Gasteiger partial charge in [-0.05, 0) is 58.2 Å². The van der Waals surface area contributed by atoms with Crippen LogP contribution in [0, 0.1) is 0 Å². The van der Waals surface area contributed by atoms with E-state index in [1.165, 1.54) is 30.7 Å². The summed E-state index contributed by atoms with van der Waals surface area (Å²) in [5.74, 6) is 0. The van der Waals surface area contributed by atoms with Crippen molar-refractivity contribution in [3.63, 3.8) is 0 Å². The summed E-state index contributed by atoms with van der Waals surface area (Å²) >= 11 is 0. The zero-order valence-corrected chi connectivity index (χ0v) is 11.6. The van der Waals surface area contributed by atoms with Gasteiger partial charge >= 0.3 is 0 Å². The van der Waals surface area contributed by atoms with Gasteiger partial charge in [0.25, 0.3) is 0 Å². The number of nitrogens with zero attached hydrogens (tertiary/aromatic N) is 2. The van der Waals surface area contributed by atoms with Crippen molar-refractivity contribution in [2.24, 2.45) is 0 Å². The molecule has 0 unspecified atom stereocenters. The largest absolute Gasteiger partial charge is 0.317 e. The second-order valence-corrected chi connectivity index (χ2v) is 4.50. The molecule has 0 fully saturated rings. The Kier molecular flexibility index (Phi) is 6.94. The van der Waals surface area contributed by atoms with Gasteiger partial charge in [0.05, 0.1) is 5.69 Å². The lowest BCUT2D eigenvalue weighted by Gasteiger charge is -2.05. The fraction of sp³-hybridized carbons (Fsp3) is 0.786. The zero-order chi connectivity index (χ0) is 12.5. The van der Waals surface area contributed by atoms with Gasteiger partial charge in [0.1, 0.15) is 0 Å². The van der Waals surface area contributed by atoms with Crippen LogP contribution in [0.1, 0.15) is 51.4 Å². The van der Waals surface area contributed by atoms with Crippen LogP contribution in [0.15, 0.2) is 6.07 Å². The third-order valence-corrected chi connectivity index (χ3v) is 3.04. The lowest BCUT2D eigenvalue weighted by Crippen LogP contribution is -2.16. The number of aromatic nitrogens is 2. The summed E-state index contributed by atoms with van der Waals surface area (Å²) in [6, 6.07) is 2.27. The molecule has 0 saturated carbocycles. The van der Waals surface area contributed by atoms with Gasteiger partial charge in [-0.3, -0.25) is 4.68 Å². The Hall–Kier alpha value is -0.830. The van der Waals surface area contributed by atoms with E-state index in [2.05, 4.69) is 41.9 Å². The Morgan fingerprint density at radius 1 is 1.18 bits per heavy atom. The van der Waals surface area contributed by atoms with Gasteiger partial charge in [-0.25, -0.2) is 0 Å². The van der Waals surface area contributed by atoms with Crippen LogP contribution in [-0.4, -0.2) is 22.9 Å². The molecule has 0 saturated heterocycles. The molecule has 3 heteroatoms. The third kappa shape index (κ3) is 4.90. The van der Waals surface area contributed by atoms with E-state index in [0.29, 0.717) is 0 Å². The molecule has 1 aromatic heterocycles. The van der Waals surface area contributed by atoms with Crippen LogP contribution in [0.2, 0.25) is 0 Å². The van der Waals surface area contributed by atoms with Crippen molar-refractivity contribution in [3.8, 4) is 0 Å². The van der Waals surface area contributed by atoms with Crippen LogP contribution in [-0.2, 0) is 19.4 Å². The number of aryl methyl sites for hydroxylation is 3. The molecule has 0 radical (unpaired) electrons. The smallest absolute Gasteiger partial charge is 0.0624 e. The second kappa shape index (κ2) is 8.29. The number of hydrogen-bond acceptors (Lipinski definition) is 2. The van der Waals surface area contributed by atoms with Gasteiger partial charge in [0.2, 0.25) is 0 Å². The fourth-order valence-electron chi connectivity index (χ4n) is 2.02. The maximum atomic E-state index is 4.58. The maximum absolute atomic E-state index is 4.58. The highest BCUT2D eigenvalue weighted by atomic mass is 15.3. The SMILES string of the molecule is CCCNCCCCc1cc(CC)nn1CC. The Bertz CT molecular complexity index is 304. The first-order chi connectivity index (χ1) is 8.31. The van der Waals surface area contributed by atoms with E-state index in [4.69, 9.17) is 0 Å². The van der Waals surface area contributed by atoms with E-state index in [1.807, 2.05) is 0 Å². The summed E-state index contributed by atoms with van der Waals surface area (Å²) in [5, 5.41) is 8.02. The molecular formula is C14H27N3. The van der Waals surface area contributed by atoms with Gasteiger partial charge in [-0.15, -0.1) is 0 Å². The standard InChI is InChI=1S/C14H27N3/c1-4-10-15-11-8-7-9-14-12-13(5-2)16-17(14)6-3/h12,15H,4-11H2,1-3H3. The summed E-state index contributed by atoms with van der Waals surface area (Å²) in [6.45, 7) is 9.82. The summed E-state index contributed by atoms with van der Waals surface area (Å²) in [4.78, 5) is 0. The van der Waals surface area contributed by atoms with Gasteiger partial charge in [0.15, 0.2) is 0 Å². The molecule has 1 N–H and O–H groups in total. The normalized spacial score (nSPS) is 11.0. The molecule has 0 amide bonds. The minimum absolute atomic E-state index is 0.990. The molecule has 0 spiro atoms. The fourth-order valence-corrected chi connectivity index (χ4v) is 2.02. The van der Waals surface area contributed by atoms with Crippen LogP contribution in [0.5, 0.6) is 0 Å². The predicted octanol–water partition coefficient (Wildman–Crippen LogP) is 2.79. The lowest BCUT2D eigenvalue weighted by atomic mass is 10.1. The minimum atomic E-state index is 0.990. The Morgan fingerprint density at radius 3 is 2.65 bits per heavy atom. The molecule has 1 rings (SSSR count). The van der Waals surface area contributed by atoms with Crippen molar-refractivity contribution in [1.29, 1.82) is 0 Å². The number of nitrogens with one attached hydrogen (secondary N) is 1. The monoisotopic (exact) mass is 237 g/mol. The van der Waals surface area contributed by atoms with Crippen LogP contribution >= 0.6 is 0 Å². The molecule has 0 atom stereocenters. The van der Waals surface area contributed by atoms with Crippen molar-refractivity contribution in [1.82, 2.24) is 15.1 Å². The highest BCUT2D eigenvalue weighted by Gasteiger charge is 2.04. The lowest BCUT2D eigenvalue weighted by molar-refractivity contribution is 0.578. The predicted molar refractivity (Wildman–Crippen MR) is 73.4 cm³/mol. The van der Waals surface area contributed by atoms with Crippen molar-refractivity contribution in [2.45, 2.75) is 59.4 Å². The van der Waals surface area contributed by atoms with Crippen molar-refractivity contribution in [3.05, 3.63) is 17.5 Å². The summed E-state index contributed by atoms with van der Waals surface area (Å²) < 4.78 is 2.15. The van der Waals surface area contributed by atoms with Crippen LogP contribution in [0.4, 0.5) is 0 Å². The summed E-state index contributed by atoms with van der Waals surface area (Å²) in [7, 11) is 0. The van der Waals surface area contributed by atoms with Gasteiger partial charge in [0, 0.05) is 12.2 Å². The van der Waals surface area contributed by atoms with E-state index in [1.54, 1.807) is 0 Å². The van der Waals surface area contributed by atoms with E-state index >= 15 is 0 Å². The molecule has 3 nitrogen and oxygen atoms in total. The summed E-state index contributed by atoms with van der Waals surface area (Å²) in [5.41, 5.74) is 2.63. The number of rotatable bonds is 9. The van der Waals surface area contributed by atoms with E-state index < -0.39 is 0 Å². The van der Waals surface area contributed by atoms with E-state index in [0.717, 1.165) is 32.5 Å². The van der Waals surface area contributed by atoms with Crippen LogP contribution < -0.4 is 5.32 Å². The molecule has 0 aromatic carbocycles. The molecule has 0 aliphatic rings. The van der Waals surface area contributed by atoms with Gasteiger partial charge in [-0.1, -0.05) is 13.8 Å². The molecule has 0 bridgehead atoms. The highest BCUT2D eigenvalue weighted by Crippen LogP contribution is 2.09. The van der Waals surface area contributed by atoms with Crippen LogP contribution in [0.25, 0.3) is 0 Å². The minimum Gasteiger partial charge on any atom is -0.317 e.